The van der Waals surface area contributed by atoms with Crippen molar-refractivity contribution < 1.29 is 29.5 Å². The number of ether oxygens (including phenoxy) is 3. The Hall–Kier alpha value is -4.56. The molecule has 1 saturated heterocycles. The van der Waals surface area contributed by atoms with Gasteiger partial charge in [0.2, 0.25) is 0 Å². The molecule has 0 radical (unpaired) electrons. The van der Waals surface area contributed by atoms with Crippen molar-refractivity contribution in [2.24, 2.45) is 11.7 Å². The Bertz CT molecular complexity index is 2120. The molecule has 4 atom stereocenters. The number of aliphatic hydroxyl groups excluding tert-OH is 2. The van der Waals surface area contributed by atoms with Crippen LogP contribution in [0.4, 0.5) is 0 Å². The topological polar surface area (TPSA) is 131 Å². The monoisotopic (exact) mass is 729 g/mol. The fourth-order valence-corrected chi connectivity index (χ4v) is 8.71. The summed E-state index contributed by atoms with van der Waals surface area (Å²) in [7, 11) is 0. The third-order valence-corrected chi connectivity index (χ3v) is 11.8. The predicted molar refractivity (Wildman–Crippen MR) is 209 cm³/mol. The number of fused-ring (bicyclic) bond motifs is 6. The minimum atomic E-state index is -0.622. The van der Waals surface area contributed by atoms with Crippen LogP contribution in [0.2, 0.25) is 0 Å². The molecule has 1 fully saturated rings. The van der Waals surface area contributed by atoms with Crippen LogP contribution in [0.1, 0.15) is 79.7 Å². The lowest BCUT2D eigenvalue weighted by Crippen LogP contribution is -2.40. The van der Waals surface area contributed by atoms with Crippen LogP contribution in [0.3, 0.4) is 0 Å². The number of nitrogens with two attached hydrogens (primary N) is 1. The Kier molecular flexibility index (Phi) is 10.6. The zero-order valence-corrected chi connectivity index (χ0v) is 31.0. The van der Waals surface area contributed by atoms with E-state index in [1.54, 1.807) is 6.07 Å². The number of rotatable bonds is 3. The van der Waals surface area contributed by atoms with Crippen molar-refractivity contribution in [2.45, 2.75) is 95.3 Å². The molecule has 3 aromatic carbocycles. The van der Waals surface area contributed by atoms with Gasteiger partial charge in [0.05, 0.1) is 31.6 Å². The van der Waals surface area contributed by atoms with Crippen LogP contribution in [0.15, 0.2) is 84.2 Å². The van der Waals surface area contributed by atoms with Crippen LogP contribution in [0.25, 0.3) is 16.6 Å². The molecule has 0 aliphatic carbocycles. The van der Waals surface area contributed by atoms with Crippen LogP contribution in [0, 0.1) is 17.8 Å². The predicted octanol–water partition coefficient (Wildman–Crippen LogP) is 6.40. The zero-order chi connectivity index (χ0) is 37.2. The number of hydrogen-bond acceptors (Lipinski definition) is 8. The molecule has 4 aromatic rings. The number of aliphatic hydroxyl groups is 2. The summed E-state index contributed by atoms with van der Waals surface area (Å²) in [6.45, 7) is 3.77. The minimum absolute atomic E-state index is 0.0308. The number of nitrogens with one attached hydrogen (secondary N) is 1. The molecule has 6 N–H and O–H groups in total. The van der Waals surface area contributed by atoms with Crippen molar-refractivity contribution in [1.29, 1.82) is 0 Å². The Morgan fingerprint density at radius 2 is 1.81 bits per heavy atom. The second-order valence-corrected chi connectivity index (χ2v) is 15.4. The molecule has 0 spiro atoms. The fraction of sp³-hybridized carbons (Fsp3) is 0.422. The van der Waals surface area contributed by atoms with E-state index in [-0.39, 0.29) is 36.4 Å². The van der Waals surface area contributed by atoms with Gasteiger partial charge in [-0.2, -0.15) is 0 Å². The molecule has 0 amide bonds. The Morgan fingerprint density at radius 3 is 2.63 bits per heavy atom. The van der Waals surface area contributed by atoms with E-state index in [9.17, 15) is 15.3 Å². The zero-order valence-electron chi connectivity index (χ0n) is 31.0. The molecule has 4 aliphatic heterocycles. The molecular formula is C45H51N3O6. The van der Waals surface area contributed by atoms with Crippen LogP contribution >= 0.6 is 0 Å². The van der Waals surface area contributed by atoms with Crippen molar-refractivity contribution in [3.05, 3.63) is 112 Å². The number of dihydropyridines is 1. The van der Waals surface area contributed by atoms with Crippen molar-refractivity contribution in [3.8, 4) is 23.3 Å². The van der Waals surface area contributed by atoms with Crippen molar-refractivity contribution >= 4 is 16.6 Å². The summed E-state index contributed by atoms with van der Waals surface area (Å²) in [6, 6.07) is 18.7. The number of aromatic nitrogens is 1. The molecule has 282 valence electrons. The maximum atomic E-state index is 11.3. The van der Waals surface area contributed by atoms with Gasteiger partial charge in [-0.1, -0.05) is 55.2 Å². The van der Waals surface area contributed by atoms with Gasteiger partial charge in [0.25, 0.3) is 0 Å². The molecule has 0 saturated carbocycles. The second-order valence-electron chi connectivity index (χ2n) is 15.4. The minimum Gasteiger partial charge on any atom is -0.504 e. The maximum Gasteiger partial charge on any atom is 0.161 e. The first-order valence-corrected chi connectivity index (χ1v) is 19.5. The highest BCUT2D eigenvalue weighted by molar-refractivity contribution is 5.88. The normalized spacial score (nSPS) is 24.6. The number of aryl methyl sites for hydroxylation is 1. The van der Waals surface area contributed by atoms with E-state index in [0.717, 1.165) is 71.0 Å². The van der Waals surface area contributed by atoms with Gasteiger partial charge in [0, 0.05) is 58.9 Å². The van der Waals surface area contributed by atoms with Gasteiger partial charge in [0.1, 0.15) is 12.4 Å². The lowest BCUT2D eigenvalue weighted by molar-refractivity contribution is 0.0167. The third kappa shape index (κ3) is 7.42. The average Bonchev–Trinajstić information content (AvgIpc) is 3.61. The highest BCUT2D eigenvalue weighted by Crippen LogP contribution is 2.44. The average molecular weight is 730 g/mol. The Morgan fingerprint density at radius 1 is 0.981 bits per heavy atom. The first kappa shape index (κ1) is 36.4. The summed E-state index contributed by atoms with van der Waals surface area (Å²) >= 11 is 0. The molecule has 8 rings (SSSR count). The first-order valence-electron chi connectivity index (χ1n) is 19.5. The summed E-state index contributed by atoms with van der Waals surface area (Å²) in [5.41, 5.74) is 13.0. The van der Waals surface area contributed by atoms with Gasteiger partial charge in [-0.3, -0.25) is 0 Å². The molecule has 5 heterocycles. The van der Waals surface area contributed by atoms with Crippen LogP contribution in [-0.2, 0) is 34.5 Å². The summed E-state index contributed by atoms with van der Waals surface area (Å²) in [4.78, 5) is 0. The maximum absolute atomic E-state index is 11.3. The van der Waals surface area contributed by atoms with Gasteiger partial charge in [-0.15, -0.1) is 0 Å². The largest absolute Gasteiger partial charge is 0.504 e. The number of phenols is 1. The number of hydrogen-bond donors (Lipinski definition) is 5. The molecule has 9 nitrogen and oxygen atoms in total. The Labute approximate surface area is 317 Å². The van der Waals surface area contributed by atoms with E-state index in [1.807, 2.05) is 12.1 Å². The standard InChI is InChI=1S/C45H51N3O6/c1-29-6-5-9-38-23-37(50)13-12-30-21-42(41(51)20-33(30)26-49)54-27-34-19-36(45(14-16-52-17-15-45)35-7-3-2-4-8-35)18-32-24-48(25-39(32)34)44-40(28-53-38)31(11-10-29)22-43(46)47-44/h2-4,7-8,18-22,24-25,29,37-38,43,47,49-51H,5-6,9,12-17,23,26-28,46H2,1H3. The van der Waals surface area contributed by atoms with Gasteiger partial charge < -0.3 is 45.1 Å². The fourth-order valence-electron chi connectivity index (χ4n) is 8.71. The molecule has 54 heavy (non-hydrogen) atoms. The molecule has 1 aromatic heterocycles. The first-order chi connectivity index (χ1) is 26.3. The van der Waals surface area contributed by atoms with E-state index >= 15 is 0 Å². The molecule has 9 heteroatoms. The number of phenolic OH excluding ortho intramolecular Hbond substituents is 1. The lowest BCUT2D eigenvalue weighted by atomic mass is 9.68. The molecule has 6 bridgehead atoms. The van der Waals surface area contributed by atoms with Crippen LogP contribution in [0.5, 0.6) is 11.5 Å². The Balaban J connectivity index is 1.32. The highest BCUT2D eigenvalue weighted by atomic mass is 16.5. The third-order valence-electron chi connectivity index (χ3n) is 11.8. The van der Waals surface area contributed by atoms with Gasteiger partial charge in [-0.25, -0.2) is 0 Å². The van der Waals surface area contributed by atoms with Crippen molar-refractivity contribution in [3.63, 3.8) is 0 Å². The summed E-state index contributed by atoms with van der Waals surface area (Å²) in [5.74, 6) is 8.27. The molecular weight excluding hydrogens is 679 g/mol. The number of nitrogens with zero attached hydrogens (tertiary/aromatic N) is 1. The molecule has 4 unspecified atom stereocenters. The van der Waals surface area contributed by atoms with Gasteiger partial charge >= 0.3 is 0 Å². The van der Waals surface area contributed by atoms with Crippen LogP contribution < -0.4 is 15.8 Å². The van der Waals surface area contributed by atoms with E-state index in [0.29, 0.717) is 50.4 Å². The SMILES string of the molecule is CC1C#CC2=CC(N)NC3=C2COC(CCC1)CC(O)CCc1cc(c(O)cc1CO)OCc1cc(C2(c4ccccc4)CCOCC2)cc2cn3cc12. The van der Waals surface area contributed by atoms with Crippen molar-refractivity contribution in [2.75, 3.05) is 19.8 Å². The van der Waals surface area contributed by atoms with E-state index < -0.39 is 12.3 Å². The number of benzene rings is 3. The summed E-state index contributed by atoms with van der Waals surface area (Å²) < 4.78 is 21.2. The van der Waals surface area contributed by atoms with E-state index in [1.165, 1.54) is 11.1 Å². The van der Waals surface area contributed by atoms with Gasteiger partial charge in [0.15, 0.2) is 11.5 Å². The van der Waals surface area contributed by atoms with E-state index in [2.05, 4.69) is 83.5 Å². The number of aromatic hydroxyl groups is 1. The summed E-state index contributed by atoms with van der Waals surface area (Å²) in [6.07, 6.45) is 10.8. The van der Waals surface area contributed by atoms with Gasteiger partial charge in [-0.05, 0) is 103 Å². The smallest absolute Gasteiger partial charge is 0.161 e. The van der Waals surface area contributed by atoms with E-state index in [4.69, 9.17) is 19.9 Å². The lowest BCUT2D eigenvalue weighted by Gasteiger charge is -2.39. The summed E-state index contributed by atoms with van der Waals surface area (Å²) in [5, 5.41) is 38.3. The van der Waals surface area contributed by atoms with Crippen molar-refractivity contribution in [1.82, 2.24) is 9.88 Å². The van der Waals surface area contributed by atoms with Crippen LogP contribution in [-0.4, -0.2) is 58.1 Å². The molecule has 4 aliphatic rings. The highest BCUT2D eigenvalue weighted by Gasteiger charge is 2.37. The quantitative estimate of drug-likeness (QED) is 0.153. The second kappa shape index (κ2) is 15.7.